The van der Waals surface area contributed by atoms with Crippen LogP contribution >= 0.6 is 11.6 Å². The van der Waals surface area contributed by atoms with Gasteiger partial charge in [-0.05, 0) is 59.5 Å². The first kappa shape index (κ1) is 34.5. The second kappa shape index (κ2) is 15.7. The summed E-state index contributed by atoms with van der Waals surface area (Å²) < 4.78 is 48.5. The molecule has 0 saturated carbocycles. The highest BCUT2D eigenvalue weighted by molar-refractivity contribution is 7.92. The van der Waals surface area contributed by atoms with Gasteiger partial charge in [0.1, 0.15) is 24.2 Å². The number of methoxy groups -OCH3 is 1. The molecule has 0 bridgehead atoms. The number of benzene rings is 4. The van der Waals surface area contributed by atoms with Gasteiger partial charge >= 0.3 is 0 Å². The van der Waals surface area contributed by atoms with E-state index in [1.54, 1.807) is 42.5 Å². The first-order chi connectivity index (χ1) is 22.0. The van der Waals surface area contributed by atoms with E-state index < -0.39 is 34.3 Å². The van der Waals surface area contributed by atoms with Crippen LogP contribution in [0.3, 0.4) is 0 Å². The smallest absolute Gasteiger partial charge is 0.264 e. The Balaban J connectivity index is 1.82. The van der Waals surface area contributed by atoms with Crippen LogP contribution in [0.1, 0.15) is 25.0 Å². The van der Waals surface area contributed by atoms with E-state index in [1.807, 2.05) is 44.2 Å². The molecule has 0 aliphatic heterocycles. The van der Waals surface area contributed by atoms with E-state index in [4.69, 9.17) is 16.3 Å². The summed E-state index contributed by atoms with van der Waals surface area (Å²) in [6.45, 7) is 3.60. The molecule has 0 fully saturated rings. The van der Waals surface area contributed by atoms with Crippen molar-refractivity contribution in [2.45, 2.75) is 37.8 Å². The molecular formula is C35H37ClFN3O5S. The molecule has 0 unspecified atom stereocenters. The molecule has 0 aliphatic carbocycles. The molecule has 4 rings (SSSR count). The number of hydrogen-bond donors (Lipinski definition) is 1. The number of nitrogens with one attached hydrogen (secondary N) is 1. The van der Waals surface area contributed by atoms with Crippen LogP contribution in [-0.4, -0.2) is 51.4 Å². The highest BCUT2D eigenvalue weighted by atomic mass is 35.5. The van der Waals surface area contributed by atoms with Gasteiger partial charge in [0.15, 0.2) is 0 Å². The Morgan fingerprint density at radius 3 is 2.17 bits per heavy atom. The van der Waals surface area contributed by atoms with E-state index in [0.717, 1.165) is 22.0 Å². The van der Waals surface area contributed by atoms with Crippen LogP contribution in [0.2, 0.25) is 5.02 Å². The lowest BCUT2D eigenvalue weighted by Gasteiger charge is -2.34. The van der Waals surface area contributed by atoms with Crippen LogP contribution in [0.25, 0.3) is 0 Å². The second-order valence-electron chi connectivity index (χ2n) is 11.1. The number of anilines is 1. The van der Waals surface area contributed by atoms with Gasteiger partial charge in [0.2, 0.25) is 11.8 Å². The van der Waals surface area contributed by atoms with E-state index in [1.165, 1.54) is 30.2 Å². The van der Waals surface area contributed by atoms with Crippen molar-refractivity contribution in [3.63, 3.8) is 0 Å². The molecule has 242 valence electrons. The molecule has 4 aromatic carbocycles. The Morgan fingerprint density at radius 1 is 0.891 bits per heavy atom. The van der Waals surface area contributed by atoms with Crippen LogP contribution in [0, 0.1) is 11.7 Å². The molecule has 4 aromatic rings. The monoisotopic (exact) mass is 665 g/mol. The van der Waals surface area contributed by atoms with Gasteiger partial charge in [0, 0.05) is 19.5 Å². The Labute approximate surface area is 274 Å². The van der Waals surface area contributed by atoms with Crippen molar-refractivity contribution >= 4 is 39.1 Å². The summed E-state index contributed by atoms with van der Waals surface area (Å²) >= 11 is 6.07. The largest absolute Gasteiger partial charge is 0.497 e. The molecule has 0 heterocycles. The molecule has 1 N–H and O–H groups in total. The van der Waals surface area contributed by atoms with E-state index >= 15 is 0 Å². The zero-order chi connectivity index (χ0) is 33.3. The molecule has 2 amide bonds. The molecule has 8 nitrogen and oxygen atoms in total. The number of nitrogens with zero attached hydrogens (tertiary/aromatic N) is 2. The molecule has 11 heteroatoms. The van der Waals surface area contributed by atoms with E-state index in [2.05, 4.69) is 5.32 Å². The lowest BCUT2D eigenvalue weighted by Crippen LogP contribution is -2.53. The van der Waals surface area contributed by atoms with Crippen molar-refractivity contribution in [1.29, 1.82) is 0 Å². The summed E-state index contributed by atoms with van der Waals surface area (Å²) in [4.78, 5) is 29.7. The highest BCUT2D eigenvalue weighted by Gasteiger charge is 2.35. The normalized spacial score (nSPS) is 12.0. The fourth-order valence-electron chi connectivity index (χ4n) is 4.83. The minimum absolute atomic E-state index is 0.00574. The number of rotatable bonds is 14. The molecule has 1 atom stereocenters. The maximum Gasteiger partial charge on any atom is 0.264 e. The molecule has 46 heavy (non-hydrogen) atoms. The second-order valence-corrected chi connectivity index (χ2v) is 13.4. The minimum atomic E-state index is -4.34. The average molecular weight is 666 g/mol. The number of ether oxygens (including phenoxy) is 1. The van der Waals surface area contributed by atoms with Crippen molar-refractivity contribution in [2.24, 2.45) is 5.92 Å². The summed E-state index contributed by atoms with van der Waals surface area (Å²) in [5.74, 6) is -1.06. The SMILES string of the molecule is COc1cccc(CN(C(=O)CN(c2ccc(F)c(Cl)c2)S(=O)(=O)c2ccccc2)[C@@H](Cc2ccccc2)C(=O)NCC(C)C)c1. The molecule has 0 aromatic heterocycles. The summed E-state index contributed by atoms with van der Waals surface area (Å²) in [6, 6.07) is 26.4. The van der Waals surface area contributed by atoms with Crippen molar-refractivity contribution in [2.75, 3.05) is 24.5 Å². The lowest BCUT2D eigenvalue weighted by atomic mass is 10.0. The zero-order valence-corrected chi connectivity index (χ0v) is 27.5. The third kappa shape index (κ3) is 8.86. The van der Waals surface area contributed by atoms with Crippen molar-refractivity contribution in [3.05, 3.63) is 125 Å². The van der Waals surface area contributed by atoms with Crippen molar-refractivity contribution < 1.29 is 27.1 Å². The fraction of sp³-hybridized carbons (Fsp3) is 0.257. The molecule has 0 saturated heterocycles. The Bertz CT molecular complexity index is 1740. The van der Waals surface area contributed by atoms with Gasteiger partial charge in [-0.1, -0.05) is 86.1 Å². The average Bonchev–Trinajstić information content (AvgIpc) is 3.06. The quantitative estimate of drug-likeness (QED) is 0.176. The molecule has 0 radical (unpaired) electrons. The third-order valence-electron chi connectivity index (χ3n) is 7.24. The van der Waals surface area contributed by atoms with Crippen LogP contribution < -0.4 is 14.4 Å². The van der Waals surface area contributed by atoms with Gasteiger partial charge in [-0.3, -0.25) is 13.9 Å². The predicted molar refractivity (Wildman–Crippen MR) is 178 cm³/mol. The van der Waals surface area contributed by atoms with Crippen LogP contribution in [0.5, 0.6) is 5.75 Å². The standard InChI is InChI=1S/C35H37ClFN3O5S/c1-25(2)22-38-35(42)33(20-26-11-6-4-7-12-26)39(23-27-13-10-14-29(19-27)45-3)34(41)24-40(28-17-18-32(37)31(36)21-28)46(43,44)30-15-8-5-9-16-30/h4-19,21,25,33H,20,22-24H2,1-3H3,(H,38,42)/t33-/m0/s1. The maximum absolute atomic E-state index is 14.5. The Hall–Kier alpha value is -4.41. The van der Waals surface area contributed by atoms with Gasteiger partial charge < -0.3 is 15.0 Å². The van der Waals surface area contributed by atoms with Crippen LogP contribution in [0.4, 0.5) is 10.1 Å². The number of sulfonamides is 1. The van der Waals surface area contributed by atoms with E-state index in [-0.39, 0.29) is 40.4 Å². The summed E-state index contributed by atoms with van der Waals surface area (Å²) in [7, 11) is -2.81. The number of carbonyl (C=O) groups is 2. The first-order valence-corrected chi connectivity index (χ1v) is 16.6. The van der Waals surface area contributed by atoms with Crippen molar-refractivity contribution in [1.82, 2.24) is 10.2 Å². The van der Waals surface area contributed by atoms with Gasteiger partial charge in [-0.15, -0.1) is 0 Å². The van der Waals surface area contributed by atoms with Gasteiger partial charge in [0.05, 0.1) is 22.7 Å². The Kier molecular flexibility index (Phi) is 11.8. The van der Waals surface area contributed by atoms with E-state index in [9.17, 15) is 22.4 Å². The zero-order valence-electron chi connectivity index (χ0n) is 25.9. The summed E-state index contributed by atoms with van der Waals surface area (Å²) in [6.07, 6.45) is 0.175. The van der Waals surface area contributed by atoms with Crippen LogP contribution in [0.15, 0.2) is 108 Å². The number of hydrogen-bond acceptors (Lipinski definition) is 5. The Morgan fingerprint density at radius 2 is 1.54 bits per heavy atom. The molecule has 0 aliphatic rings. The fourth-order valence-corrected chi connectivity index (χ4v) is 6.43. The third-order valence-corrected chi connectivity index (χ3v) is 9.32. The summed E-state index contributed by atoms with van der Waals surface area (Å²) in [5, 5.41) is 2.65. The first-order valence-electron chi connectivity index (χ1n) is 14.8. The molecule has 0 spiro atoms. The topological polar surface area (TPSA) is 96.0 Å². The summed E-state index contributed by atoms with van der Waals surface area (Å²) in [5.41, 5.74) is 1.48. The van der Waals surface area contributed by atoms with Gasteiger partial charge in [-0.25, -0.2) is 12.8 Å². The maximum atomic E-state index is 14.5. The number of amides is 2. The molecular weight excluding hydrogens is 629 g/mol. The lowest BCUT2D eigenvalue weighted by molar-refractivity contribution is -0.140. The van der Waals surface area contributed by atoms with Gasteiger partial charge in [-0.2, -0.15) is 0 Å². The number of halogens is 2. The van der Waals surface area contributed by atoms with Crippen LogP contribution in [-0.2, 0) is 32.6 Å². The van der Waals surface area contributed by atoms with Gasteiger partial charge in [0.25, 0.3) is 10.0 Å². The number of carbonyl (C=O) groups excluding carboxylic acids is 2. The van der Waals surface area contributed by atoms with E-state index in [0.29, 0.717) is 17.9 Å². The minimum Gasteiger partial charge on any atom is -0.497 e. The van der Waals surface area contributed by atoms with Crippen molar-refractivity contribution in [3.8, 4) is 5.75 Å². The predicted octanol–water partition coefficient (Wildman–Crippen LogP) is 6.10. The highest BCUT2D eigenvalue weighted by Crippen LogP contribution is 2.29.